The lowest BCUT2D eigenvalue weighted by molar-refractivity contribution is -0.117. The molecule has 3 rings (SSSR count). The third kappa shape index (κ3) is 2.76. The summed E-state index contributed by atoms with van der Waals surface area (Å²) in [6, 6.07) is 5.14. The molecule has 1 N–H and O–H groups in total. The summed E-state index contributed by atoms with van der Waals surface area (Å²) >= 11 is 0. The van der Waals surface area contributed by atoms with Crippen LogP contribution < -0.4 is 9.62 Å². The lowest BCUT2D eigenvalue weighted by Gasteiger charge is -2.19. The van der Waals surface area contributed by atoms with Gasteiger partial charge in [-0.3, -0.25) is 4.79 Å². The molecule has 7 heteroatoms. The van der Waals surface area contributed by atoms with Crippen molar-refractivity contribution in [3.63, 3.8) is 0 Å². The molecule has 0 radical (unpaired) electrons. The van der Waals surface area contributed by atoms with Gasteiger partial charge in [0.05, 0.1) is 11.3 Å². The normalized spacial score (nSPS) is 22.4. The molecule has 2 aliphatic heterocycles. The summed E-state index contributed by atoms with van der Waals surface area (Å²) in [4.78, 5) is 15.7. The minimum atomic E-state index is -3.53. The Kier molecular flexibility index (Phi) is 3.96. The maximum absolute atomic E-state index is 12.4. The van der Waals surface area contributed by atoms with E-state index in [1.54, 1.807) is 30.1 Å². The van der Waals surface area contributed by atoms with Crippen molar-refractivity contribution < 1.29 is 13.2 Å². The van der Waals surface area contributed by atoms with Gasteiger partial charge in [-0.15, -0.1) is 0 Å². The Balaban J connectivity index is 1.76. The topological polar surface area (TPSA) is 69.7 Å². The predicted octanol–water partition coefficient (Wildman–Crippen LogP) is 0.578. The number of rotatable bonds is 4. The van der Waals surface area contributed by atoms with Crippen LogP contribution in [0.25, 0.3) is 0 Å². The van der Waals surface area contributed by atoms with Crippen LogP contribution in [0.3, 0.4) is 0 Å². The first kappa shape index (κ1) is 15.5. The Bertz CT molecular complexity index is 702. The number of carbonyl (C=O) groups is 1. The zero-order valence-electron chi connectivity index (χ0n) is 12.9. The predicted molar refractivity (Wildman–Crippen MR) is 84.4 cm³/mol. The Labute approximate surface area is 131 Å². The molecule has 1 fully saturated rings. The van der Waals surface area contributed by atoms with E-state index in [9.17, 15) is 13.2 Å². The zero-order valence-corrected chi connectivity index (χ0v) is 13.7. The molecule has 1 saturated heterocycles. The average Bonchev–Trinajstić information content (AvgIpc) is 3.01. The number of likely N-dealkylation sites (tertiary alicyclic amines) is 1. The number of sulfonamides is 1. The number of anilines is 1. The van der Waals surface area contributed by atoms with Crippen molar-refractivity contribution in [1.29, 1.82) is 0 Å². The van der Waals surface area contributed by atoms with Gasteiger partial charge in [-0.05, 0) is 50.2 Å². The standard InChI is InChI=1S/C15H21N3O3S/c1-17-7-3-4-12(17)10-16-22(20,21)13-5-6-14-11(8-13)9-15(19)18(14)2/h5-6,8,12,16H,3-4,7,9-10H2,1-2H3/t12-/m1/s1. The molecule has 0 spiro atoms. The van der Waals surface area contributed by atoms with E-state index in [0.29, 0.717) is 6.54 Å². The highest BCUT2D eigenvalue weighted by atomic mass is 32.2. The fraction of sp³-hybridized carbons (Fsp3) is 0.533. The van der Waals surface area contributed by atoms with Gasteiger partial charge in [0.2, 0.25) is 15.9 Å². The molecule has 120 valence electrons. The van der Waals surface area contributed by atoms with Crippen LogP contribution in [0.15, 0.2) is 23.1 Å². The van der Waals surface area contributed by atoms with E-state index in [2.05, 4.69) is 9.62 Å². The Morgan fingerprint density at radius 3 is 2.77 bits per heavy atom. The van der Waals surface area contributed by atoms with Crippen molar-refractivity contribution in [3.05, 3.63) is 23.8 Å². The first-order chi connectivity index (χ1) is 10.4. The lowest BCUT2D eigenvalue weighted by atomic mass is 10.2. The SMILES string of the molecule is CN1C(=O)Cc2cc(S(=O)(=O)NC[C@H]3CCCN3C)ccc21. The van der Waals surface area contributed by atoms with Gasteiger partial charge in [0.1, 0.15) is 0 Å². The molecule has 6 nitrogen and oxygen atoms in total. The highest BCUT2D eigenvalue weighted by Crippen LogP contribution is 2.29. The Morgan fingerprint density at radius 1 is 1.32 bits per heavy atom. The summed E-state index contributed by atoms with van der Waals surface area (Å²) in [7, 11) is 0.187. The van der Waals surface area contributed by atoms with Gasteiger partial charge in [-0.2, -0.15) is 0 Å². The monoisotopic (exact) mass is 323 g/mol. The Morgan fingerprint density at radius 2 is 2.09 bits per heavy atom. The fourth-order valence-electron chi connectivity index (χ4n) is 3.14. The van der Waals surface area contributed by atoms with E-state index in [1.807, 2.05) is 7.05 Å². The molecular weight excluding hydrogens is 302 g/mol. The molecular formula is C15H21N3O3S. The maximum Gasteiger partial charge on any atom is 0.240 e. The number of carbonyl (C=O) groups excluding carboxylic acids is 1. The summed E-state index contributed by atoms with van der Waals surface area (Å²) in [6.07, 6.45) is 2.39. The smallest absolute Gasteiger partial charge is 0.240 e. The van der Waals surface area contributed by atoms with Crippen LogP contribution >= 0.6 is 0 Å². The van der Waals surface area contributed by atoms with Crippen LogP contribution in [0.4, 0.5) is 5.69 Å². The molecule has 0 unspecified atom stereocenters. The largest absolute Gasteiger partial charge is 0.315 e. The molecule has 1 amide bonds. The van der Waals surface area contributed by atoms with Crippen molar-refractivity contribution in [2.24, 2.45) is 0 Å². The van der Waals surface area contributed by atoms with Crippen molar-refractivity contribution in [2.45, 2.75) is 30.2 Å². The molecule has 2 aliphatic rings. The van der Waals surface area contributed by atoms with E-state index in [-0.39, 0.29) is 23.3 Å². The van der Waals surface area contributed by atoms with E-state index in [1.165, 1.54) is 0 Å². The fourth-order valence-corrected chi connectivity index (χ4v) is 4.26. The molecule has 0 aliphatic carbocycles. The van der Waals surface area contributed by atoms with Gasteiger partial charge < -0.3 is 9.80 Å². The second-order valence-corrected chi connectivity index (χ2v) is 7.82. The van der Waals surface area contributed by atoms with Gasteiger partial charge in [-0.25, -0.2) is 13.1 Å². The van der Waals surface area contributed by atoms with Crippen LogP contribution in [0, 0.1) is 0 Å². The van der Waals surface area contributed by atoms with Gasteiger partial charge in [0.25, 0.3) is 0 Å². The van der Waals surface area contributed by atoms with E-state index < -0.39 is 10.0 Å². The summed E-state index contributed by atoms with van der Waals surface area (Å²) in [5.41, 5.74) is 1.56. The molecule has 22 heavy (non-hydrogen) atoms. The number of amides is 1. The maximum atomic E-state index is 12.4. The third-order valence-corrected chi connectivity index (χ3v) is 6.04. The van der Waals surface area contributed by atoms with Crippen LogP contribution in [0.2, 0.25) is 0 Å². The summed E-state index contributed by atoms with van der Waals surface area (Å²) in [5, 5.41) is 0. The van der Waals surface area contributed by atoms with E-state index >= 15 is 0 Å². The summed E-state index contributed by atoms with van der Waals surface area (Å²) in [6.45, 7) is 1.44. The van der Waals surface area contributed by atoms with E-state index in [0.717, 1.165) is 30.6 Å². The molecule has 2 heterocycles. The number of fused-ring (bicyclic) bond motifs is 1. The van der Waals surface area contributed by atoms with Crippen LogP contribution in [-0.4, -0.2) is 52.5 Å². The number of hydrogen-bond acceptors (Lipinski definition) is 4. The van der Waals surface area contributed by atoms with Gasteiger partial charge in [0.15, 0.2) is 0 Å². The summed E-state index contributed by atoms with van der Waals surface area (Å²) < 4.78 is 27.6. The minimum absolute atomic E-state index is 0.00918. The molecule has 0 aromatic heterocycles. The molecule has 1 atom stereocenters. The van der Waals surface area contributed by atoms with Gasteiger partial charge in [-0.1, -0.05) is 0 Å². The second-order valence-electron chi connectivity index (χ2n) is 6.05. The first-order valence-corrected chi connectivity index (χ1v) is 8.96. The van der Waals surface area contributed by atoms with Crippen molar-refractivity contribution in [1.82, 2.24) is 9.62 Å². The highest BCUT2D eigenvalue weighted by Gasteiger charge is 2.27. The van der Waals surface area contributed by atoms with Crippen LogP contribution in [0.1, 0.15) is 18.4 Å². The first-order valence-electron chi connectivity index (χ1n) is 7.48. The van der Waals surface area contributed by atoms with E-state index in [4.69, 9.17) is 0 Å². The number of benzene rings is 1. The molecule has 0 bridgehead atoms. The molecule has 1 aromatic rings. The minimum Gasteiger partial charge on any atom is -0.315 e. The summed E-state index contributed by atoms with van der Waals surface area (Å²) in [5.74, 6) is -0.00918. The average molecular weight is 323 g/mol. The van der Waals surface area contributed by atoms with Crippen molar-refractivity contribution in [2.75, 3.05) is 32.1 Å². The van der Waals surface area contributed by atoms with Crippen molar-refractivity contribution >= 4 is 21.6 Å². The highest BCUT2D eigenvalue weighted by molar-refractivity contribution is 7.89. The third-order valence-electron chi connectivity index (χ3n) is 4.62. The number of likely N-dealkylation sites (N-methyl/N-ethyl adjacent to an activating group) is 2. The molecule has 1 aromatic carbocycles. The number of nitrogens with zero attached hydrogens (tertiary/aromatic N) is 2. The van der Waals surface area contributed by atoms with Crippen LogP contribution in [0.5, 0.6) is 0 Å². The quantitative estimate of drug-likeness (QED) is 0.880. The molecule has 0 saturated carbocycles. The van der Waals surface area contributed by atoms with Crippen LogP contribution in [-0.2, 0) is 21.2 Å². The number of nitrogens with one attached hydrogen (secondary N) is 1. The van der Waals surface area contributed by atoms with Gasteiger partial charge >= 0.3 is 0 Å². The Hall–Kier alpha value is -1.44. The second kappa shape index (κ2) is 5.64. The zero-order chi connectivity index (χ0) is 15.9. The lowest BCUT2D eigenvalue weighted by Crippen LogP contribution is -2.38. The van der Waals surface area contributed by atoms with Crippen molar-refractivity contribution in [3.8, 4) is 0 Å². The number of hydrogen-bond donors (Lipinski definition) is 1. The van der Waals surface area contributed by atoms with Gasteiger partial charge in [0, 0.05) is 25.3 Å².